The lowest BCUT2D eigenvalue weighted by atomic mass is 10.1. The second-order valence-electron chi connectivity index (χ2n) is 8.66. The van der Waals surface area contributed by atoms with Crippen molar-refractivity contribution in [3.8, 4) is 0 Å². The molecular formula is C24H27FN6O2. The Hall–Kier alpha value is -3.46. The van der Waals surface area contributed by atoms with Crippen molar-refractivity contribution in [1.82, 2.24) is 24.9 Å². The van der Waals surface area contributed by atoms with Crippen molar-refractivity contribution in [3.63, 3.8) is 0 Å². The molecule has 2 aromatic carbocycles. The maximum atomic E-state index is 14.5. The van der Waals surface area contributed by atoms with Gasteiger partial charge in [0.1, 0.15) is 5.82 Å². The van der Waals surface area contributed by atoms with Gasteiger partial charge >= 0.3 is 6.03 Å². The fraction of sp³-hybridized carbons (Fsp3) is 0.375. The SMILES string of the molecule is CN1C(=O)NC(=O)C2C1N=C(N1CCN(Cc3ccccc3)CC1)N2Cc1ccccc1F. The molecule has 0 saturated carbocycles. The van der Waals surface area contributed by atoms with Crippen LogP contribution in [0.3, 0.4) is 0 Å². The number of hydrogen-bond donors (Lipinski definition) is 1. The summed E-state index contributed by atoms with van der Waals surface area (Å²) < 4.78 is 14.5. The summed E-state index contributed by atoms with van der Waals surface area (Å²) in [5.74, 6) is -0.0844. The first-order chi connectivity index (χ1) is 16.0. The Balaban J connectivity index is 1.36. The molecule has 3 heterocycles. The van der Waals surface area contributed by atoms with Crippen molar-refractivity contribution < 1.29 is 14.0 Å². The molecular weight excluding hydrogens is 423 g/mol. The standard InChI is InChI=1S/C24H27FN6O2/c1-28-21-20(22(32)27-24(28)33)31(16-18-9-5-6-10-19(18)25)23(26-21)30-13-11-29(12-14-30)15-17-7-3-2-4-8-17/h2-10,20-21H,11-16H2,1H3,(H,27,32,33). The zero-order valence-electron chi connectivity index (χ0n) is 18.5. The van der Waals surface area contributed by atoms with Gasteiger partial charge < -0.3 is 14.7 Å². The van der Waals surface area contributed by atoms with E-state index < -0.39 is 24.1 Å². The maximum Gasteiger partial charge on any atom is 0.325 e. The van der Waals surface area contributed by atoms with E-state index in [1.807, 2.05) is 23.1 Å². The number of nitrogens with one attached hydrogen (secondary N) is 1. The number of rotatable bonds is 4. The summed E-state index contributed by atoms with van der Waals surface area (Å²) in [5.41, 5.74) is 1.76. The minimum absolute atomic E-state index is 0.201. The molecule has 33 heavy (non-hydrogen) atoms. The van der Waals surface area contributed by atoms with Gasteiger partial charge in [0.05, 0.1) is 0 Å². The van der Waals surface area contributed by atoms with Gasteiger partial charge in [-0.3, -0.25) is 15.0 Å². The van der Waals surface area contributed by atoms with E-state index in [2.05, 4.69) is 27.2 Å². The average Bonchev–Trinajstić information content (AvgIpc) is 3.20. The van der Waals surface area contributed by atoms with Gasteiger partial charge in [-0.1, -0.05) is 48.5 Å². The van der Waals surface area contributed by atoms with Crippen molar-refractivity contribution in [1.29, 1.82) is 0 Å². The molecule has 172 valence electrons. The highest BCUT2D eigenvalue weighted by Gasteiger charge is 2.50. The lowest BCUT2D eigenvalue weighted by Gasteiger charge is -2.40. The van der Waals surface area contributed by atoms with Gasteiger partial charge in [0.2, 0.25) is 0 Å². The Morgan fingerprint density at radius 1 is 0.970 bits per heavy atom. The van der Waals surface area contributed by atoms with Gasteiger partial charge in [0.25, 0.3) is 5.91 Å². The van der Waals surface area contributed by atoms with E-state index in [9.17, 15) is 14.0 Å². The summed E-state index contributed by atoms with van der Waals surface area (Å²) >= 11 is 0. The number of benzene rings is 2. The number of hydrogen-bond acceptors (Lipinski definition) is 6. The zero-order valence-corrected chi connectivity index (χ0v) is 18.5. The maximum absolute atomic E-state index is 14.5. The normalized spacial score (nSPS) is 23.5. The molecule has 0 bridgehead atoms. The number of aliphatic imine (C=N–C) groups is 1. The summed E-state index contributed by atoms with van der Waals surface area (Å²) in [6.45, 7) is 4.24. The Labute approximate surface area is 192 Å². The van der Waals surface area contributed by atoms with E-state index >= 15 is 0 Å². The van der Waals surface area contributed by atoms with Crippen LogP contribution in [0.5, 0.6) is 0 Å². The number of amides is 3. The van der Waals surface area contributed by atoms with E-state index in [-0.39, 0.29) is 12.4 Å². The lowest BCUT2D eigenvalue weighted by Crippen LogP contribution is -2.64. The van der Waals surface area contributed by atoms with E-state index in [1.165, 1.54) is 16.5 Å². The number of fused-ring (bicyclic) bond motifs is 1. The molecule has 2 unspecified atom stereocenters. The van der Waals surface area contributed by atoms with Crippen molar-refractivity contribution >= 4 is 17.9 Å². The quantitative estimate of drug-likeness (QED) is 0.768. The van der Waals surface area contributed by atoms with E-state index in [4.69, 9.17) is 4.99 Å². The minimum atomic E-state index is -0.690. The predicted octanol–water partition coefficient (Wildman–Crippen LogP) is 1.69. The monoisotopic (exact) mass is 450 g/mol. The van der Waals surface area contributed by atoms with E-state index in [0.717, 1.165) is 32.7 Å². The molecule has 8 nitrogen and oxygen atoms in total. The number of carbonyl (C=O) groups excluding carboxylic acids is 2. The predicted molar refractivity (Wildman–Crippen MR) is 122 cm³/mol. The summed E-state index contributed by atoms with van der Waals surface area (Å²) in [5, 5.41) is 2.40. The van der Waals surface area contributed by atoms with Crippen LogP contribution in [-0.4, -0.2) is 82.9 Å². The molecule has 2 saturated heterocycles. The molecule has 0 spiro atoms. The Morgan fingerprint density at radius 2 is 1.67 bits per heavy atom. The van der Waals surface area contributed by atoms with Crippen LogP contribution in [-0.2, 0) is 17.9 Å². The largest absolute Gasteiger partial charge is 0.340 e. The number of nitrogens with zero attached hydrogens (tertiary/aromatic N) is 5. The third-order valence-electron chi connectivity index (χ3n) is 6.54. The molecule has 9 heteroatoms. The zero-order chi connectivity index (χ0) is 22.9. The molecule has 3 aliphatic heterocycles. The molecule has 1 N–H and O–H groups in total. The molecule has 2 aromatic rings. The highest BCUT2D eigenvalue weighted by molar-refractivity contribution is 6.03. The molecule has 2 fully saturated rings. The fourth-order valence-electron chi connectivity index (χ4n) is 4.70. The van der Waals surface area contributed by atoms with E-state index in [0.29, 0.717) is 11.5 Å². The highest BCUT2D eigenvalue weighted by Crippen LogP contribution is 2.28. The average molecular weight is 451 g/mol. The van der Waals surface area contributed by atoms with Gasteiger partial charge in [-0.15, -0.1) is 0 Å². The summed E-state index contributed by atoms with van der Waals surface area (Å²) in [6.07, 6.45) is -0.629. The fourth-order valence-corrected chi connectivity index (χ4v) is 4.70. The smallest absolute Gasteiger partial charge is 0.325 e. The number of urea groups is 1. The van der Waals surface area contributed by atoms with Gasteiger partial charge in [-0.05, 0) is 11.6 Å². The summed E-state index contributed by atoms with van der Waals surface area (Å²) in [4.78, 5) is 37.6. The van der Waals surface area contributed by atoms with Gasteiger partial charge in [0, 0.05) is 51.9 Å². The Bertz CT molecular complexity index is 1070. The van der Waals surface area contributed by atoms with Gasteiger partial charge in [0.15, 0.2) is 18.2 Å². The number of imide groups is 1. The molecule has 3 aliphatic rings. The van der Waals surface area contributed by atoms with Crippen LogP contribution in [0.4, 0.5) is 9.18 Å². The lowest BCUT2D eigenvalue weighted by molar-refractivity contribution is -0.127. The molecule has 0 aliphatic carbocycles. The van der Waals surface area contributed by atoms with Crippen LogP contribution >= 0.6 is 0 Å². The van der Waals surface area contributed by atoms with Crippen molar-refractivity contribution in [2.75, 3.05) is 33.2 Å². The molecule has 5 rings (SSSR count). The van der Waals surface area contributed by atoms with Crippen molar-refractivity contribution in [2.24, 2.45) is 4.99 Å². The second kappa shape index (κ2) is 8.82. The highest BCUT2D eigenvalue weighted by atomic mass is 19.1. The first-order valence-corrected chi connectivity index (χ1v) is 11.2. The van der Waals surface area contributed by atoms with Crippen LogP contribution in [0.25, 0.3) is 0 Å². The number of guanidine groups is 1. The van der Waals surface area contributed by atoms with Crippen LogP contribution in [0.15, 0.2) is 59.6 Å². The van der Waals surface area contributed by atoms with Crippen LogP contribution in [0.1, 0.15) is 11.1 Å². The van der Waals surface area contributed by atoms with Gasteiger partial charge in [-0.25, -0.2) is 14.2 Å². The van der Waals surface area contributed by atoms with Gasteiger partial charge in [-0.2, -0.15) is 0 Å². The Morgan fingerprint density at radius 3 is 2.39 bits per heavy atom. The number of carbonyl (C=O) groups is 2. The van der Waals surface area contributed by atoms with Crippen molar-refractivity contribution in [2.45, 2.75) is 25.3 Å². The van der Waals surface area contributed by atoms with Crippen molar-refractivity contribution in [3.05, 3.63) is 71.5 Å². The summed E-state index contributed by atoms with van der Waals surface area (Å²) in [6, 6.07) is 15.8. The topological polar surface area (TPSA) is 71.5 Å². The number of halogens is 1. The van der Waals surface area contributed by atoms with Crippen LogP contribution in [0.2, 0.25) is 0 Å². The molecule has 3 amide bonds. The number of piperazine rings is 1. The summed E-state index contributed by atoms with van der Waals surface area (Å²) in [7, 11) is 1.63. The first-order valence-electron chi connectivity index (χ1n) is 11.2. The van der Waals surface area contributed by atoms with Crippen LogP contribution in [0, 0.1) is 5.82 Å². The third-order valence-corrected chi connectivity index (χ3v) is 6.54. The second-order valence-corrected chi connectivity index (χ2v) is 8.66. The Kier molecular flexibility index (Phi) is 5.72. The molecule has 0 aromatic heterocycles. The molecule has 2 atom stereocenters. The first kappa shape index (κ1) is 21.4. The van der Waals surface area contributed by atoms with E-state index in [1.54, 1.807) is 25.2 Å². The number of likely N-dealkylation sites (N-methyl/N-ethyl adjacent to an activating group) is 1. The molecule has 0 radical (unpaired) electrons. The van der Waals surface area contributed by atoms with Crippen LogP contribution < -0.4 is 5.32 Å². The third kappa shape index (κ3) is 4.16. The minimum Gasteiger partial charge on any atom is -0.340 e.